The highest BCUT2D eigenvalue weighted by atomic mass is 16.5. The Bertz CT molecular complexity index is 296. The number of carbonyl (C=O) groups is 1. The fourth-order valence-electron chi connectivity index (χ4n) is 1.35. The van der Waals surface area contributed by atoms with Crippen molar-refractivity contribution in [2.24, 2.45) is 0 Å². The second-order valence-electron chi connectivity index (χ2n) is 3.46. The number of esters is 1. The quantitative estimate of drug-likeness (QED) is 0.592. The van der Waals surface area contributed by atoms with Crippen molar-refractivity contribution in [2.45, 2.75) is 33.6 Å². The van der Waals surface area contributed by atoms with Gasteiger partial charge in [0.1, 0.15) is 0 Å². The average Bonchev–Trinajstić information content (AvgIpc) is 2.46. The van der Waals surface area contributed by atoms with E-state index in [1.54, 1.807) is 0 Å². The van der Waals surface area contributed by atoms with Crippen LogP contribution in [0.25, 0.3) is 0 Å². The summed E-state index contributed by atoms with van der Waals surface area (Å²) >= 11 is 0. The van der Waals surface area contributed by atoms with E-state index >= 15 is 0 Å². The van der Waals surface area contributed by atoms with Crippen molar-refractivity contribution in [3.8, 4) is 0 Å². The zero-order valence-corrected chi connectivity index (χ0v) is 9.02. The van der Waals surface area contributed by atoms with E-state index < -0.39 is 0 Å². The Balaban J connectivity index is 2.60. The summed E-state index contributed by atoms with van der Waals surface area (Å²) in [5.41, 5.74) is 2.51. The zero-order valence-electron chi connectivity index (χ0n) is 9.02. The molecule has 0 aromatic carbocycles. The minimum absolute atomic E-state index is 0.213. The van der Waals surface area contributed by atoms with Gasteiger partial charge in [0.25, 0.3) is 0 Å². The van der Waals surface area contributed by atoms with Crippen LogP contribution in [0.2, 0.25) is 0 Å². The maximum Gasteiger partial charge on any atom is 0.340 e. The van der Waals surface area contributed by atoms with E-state index in [4.69, 9.17) is 4.74 Å². The van der Waals surface area contributed by atoms with Crippen molar-refractivity contribution in [3.63, 3.8) is 0 Å². The van der Waals surface area contributed by atoms with Gasteiger partial charge in [-0.25, -0.2) is 4.79 Å². The number of carbonyl (C=O) groups excluding carboxylic acids is 1. The fraction of sp³-hybridized carbons (Fsp3) is 0.545. The lowest BCUT2D eigenvalue weighted by atomic mass is 10.2. The van der Waals surface area contributed by atoms with Gasteiger partial charge in [-0.1, -0.05) is 13.3 Å². The second-order valence-corrected chi connectivity index (χ2v) is 3.46. The van der Waals surface area contributed by atoms with Gasteiger partial charge in [0, 0.05) is 11.9 Å². The van der Waals surface area contributed by atoms with Crippen LogP contribution in [0.4, 0.5) is 0 Å². The molecule has 0 aliphatic carbocycles. The van der Waals surface area contributed by atoms with Gasteiger partial charge in [-0.3, -0.25) is 0 Å². The SMILES string of the molecule is CCCCOC(=O)c1c(C)c[nH]c1C. The van der Waals surface area contributed by atoms with Gasteiger partial charge in [0.05, 0.1) is 12.2 Å². The third-order valence-electron chi connectivity index (χ3n) is 2.21. The number of hydrogen-bond acceptors (Lipinski definition) is 2. The molecule has 0 aliphatic heterocycles. The van der Waals surface area contributed by atoms with E-state index in [1.165, 1.54) is 0 Å². The van der Waals surface area contributed by atoms with Crippen LogP contribution in [0.15, 0.2) is 6.20 Å². The lowest BCUT2D eigenvalue weighted by Crippen LogP contribution is -2.08. The highest BCUT2D eigenvalue weighted by molar-refractivity contribution is 5.92. The van der Waals surface area contributed by atoms with E-state index in [1.807, 2.05) is 20.0 Å². The summed E-state index contributed by atoms with van der Waals surface area (Å²) in [5.74, 6) is -0.213. The van der Waals surface area contributed by atoms with Crippen LogP contribution < -0.4 is 0 Å². The summed E-state index contributed by atoms with van der Waals surface area (Å²) < 4.78 is 5.13. The first-order valence-electron chi connectivity index (χ1n) is 4.98. The molecule has 1 N–H and O–H groups in total. The van der Waals surface area contributed by atoms with Crippen LogP contribution in [-0.4, -0.2) is 17.6 Å². The maximum absolute atomic E-state index is 11.6. The van der Waals surface area contributed by atoms with Gasteiger partial charge < -0.3 is 9.72 Å². The predicted molar refractivity (Wildman–Crippen MR) is 55.5 cm³/mol. The van der Waals surface area contributed by atoms with E-state index in [0.29, 0.717) is 12.2 Å². The van der Waals surface area contributed by atoms with Gasteiger partial charge >= 0.3 is 5.97 Å². The van der Waals surface area contributed by atoms with E-state index in [2.05, 4.69) is 11.9 Å². The van der Waals surface area contributed by atoms with Gasteiger partial charge in [0.15, 0.2) is 0 Å². The van der Waals surface area contributed by atoms with Crippen LogP contribution in [0.3, 0.4) is 0 Å². The first-order valence-corrected chi connectivity index (χ1v) is 4.98. The molecule has 14 heavy (non-hydrogen) atoms. The second kappa shape index (κ2) is 4.84. The van der Waals surface area contributed by atoms with Gasteiger partial charge in [-0.2, -0.15) is 0 Å². The predicted octanol–water partition coefficient (Wildman–Crippen LogP) is 2.59. The molecule has 0 bridgehead atoms. The molecule has 0 saturated carbocycles. The molecule has 0 radical (unpaired) electrons. The largest absolute Gasteiger partial charge is 0.462 e. The van der Waals surface area contributed by atoms with E-state index in [-0.39, 0.29) is 5.97 Å². The van der Waals surface area contributed by atoms with Crippen molar-refractivity contribution in [3.05, 3.63) is 23.0 Å². The highest BCUT2D eigenvalue weighted by Gasteiger charge is 2.14. The average molecular weight is 195 g/mol. The molecule has 1 heterocycles. The number of ether oxygens (including phenoxy) is 1. The van der Waals surface area contributed by atoms with E-state index in [0.717, 1.165) is 24.1 Å². The lowest BCUT2D eigenvalue weighted by molar-refractivity contribution is 0.0498. The number of unbranched alkanes of at least 4 members (excludes halogenated alkanes) is 1. The number of aryl methyl sites for hydroxylation is 2. The van der Waals surface area contributed by atoms with Crippen molar-refractivity contribution in [1.29, 1.82) is 0 Å². The highest BCUT2D eigenvalue weighted by Crippen LogP contribution is 2.13. The third kappa shape index (κ3) is 2.37. The standard InChI is InChI=1S/C11H17NO2/c1-4-5-6-14-11(13)10-8(2)7-12-9(10)3/h7,12H,4-6H2,1-3H3. The molecule has 0 saturated heterocycles. The first-order chi connectivity index (χ1) is 6.66. The van der Waals surface area contributed by atoms with Crippen LogP contribution in [0, 0.1) is 13.8 Å². The number of H-pyrrole nitrogens is 1. The van der Waals surface area contributed by atoms with Crippen LogP contribution in [-0.2, 0) is 4.74 Å². The zero-order chi connectivity index (χ0) is 10.6. The minimum atomic E-state index is -0.213. The molecule has 0 amide bonds. The Hall–Kier alpha value is -1.25. The summed E-state index contributed by atoms with van der Waals surface area (Å²) in [4.78, 5) is 14.6. The molecule has 1 rings (SSSR count). The Morgan fingerprint density at radius 2 is 2.21 bits per heavy atom. The van der Waals surface area contributed by atoms with E-state index in [9.17, 15) is 4.79 Å². The first kappa shape index (κ1) is 10.8. The van der Waals surface area contributed by atoms with Crippen LogP contribution >= 0.6 is 0 Å². The molecule has 1 aromatic heterocycles. The molecule has 0 aliphatic rings. The Labute approximate surface area is 84.5 Å². The van der Waals surface area contributed by atoms with Crippen molar-refractivity contribution >= 4 is 5.97 Å². The molecule has 1 aromatic rings. The number of aromatic nitrogens is 1. The van der Waals surface area contributed by atoms with Crippen molar-refractivity contribution in [1.82, 2.24) is 4.98 Å². The number of nitrogens with one attached hydrogen (secondary N) is 1. The molecule has 0 spiro atoms. The van der Waals surface area contributed by atoms with Gasteiger partial charge in [0.2, 0.25) is 0 Å². The Kier molecular flexibility index (Phi) is 3.74. The number of hydrogen-bond donors (Lipinski definition) is 1. The Morgan fingerprint density at radius 1 is 1.50 bits per heavy atom. The van der Waals surface area contributed by atoms with Gasteiger partial charge in [-0.15, -0.1) is 0 Å². The monoisotopic (exact) mass is 195 g/mol. The Morgan fingerprint density at radius 3 is 2.71 bits per heavy atom. The summed E-state index contributed by atoms with van der Waals surface area (Å²) in [6.45, 7) is 6.36. The molecular weight excluding hydrogens is 178 g/mol. The van der Waals surface area contributed by atoms with Crippen LogP contribution in [0.5, 0.6) is 0 Å². The molecule has 3 heteroatoms. The smallest absolute Gasteiger partial charge is 0.340 e. The van der Waals surface area contributed by atoms with Gasteiger partial charge in [-0.05, 0) is 25.8 Å². The summed E-state index contributed by atoms with van der Waals surface area (Å²) in [6.07, 6.45) is 3.79. The topological polar surface area (TPSA) is 42.1 Å². The maximum atomic E-state index is 11.6. The molecule has 3 nitrogen and oxygen atoms in total. The minimum Gasteiger partial charge on any atom is -0.462 e. The molecule has 0 atom stereocenters. The summed E-state index contributed by atoms with van der Waals surface area (Å²) in [5, 5.41) is 0. The number of rotatable bonds is 4. The normalized spacial score (nSPS) is 10.2. The van der Waals surface area contributed by atoms with Crippen molar-refractivity contribution in [2.75, 3.05) is 6.61 Å². The molecular formula is C11H17NO2. The third-order valence-corrected chi connectivity index (χ3v) is 2.21. The molecule has 0 unspecified atom stereocenters. The summed E-state index contributed by atoms with van der Waals surface area (Å²) in [6, 6.07) is 0. The summed E-state index contributed by atoms with van der Waals surface area (Å²) in [7, 11) is 0. The fourth-order valence-corrected chi connectivity index (χ4v) is 1.35. The molecule has 0 fully saturated rings. The van der Waals surface area contributed by atoms with Crippen molar-refractivity contribution < 1.29 is 9.53 Å². The number of aromatic amines is 1. The molecule has 78 valence electrons. The lowest BCUT2D eigenvalue weighted by Gasteiger charge is -2.04. The van der Waals surface area contributed by atoms with Crippen LogP contribution in [0.1, 0.15) is 41.4 Å².